The minimum Gasteiger partial charge on any atom is -0.376 e. The van der Waals surface area contributed by atoms with E-state index in [2.05, 4.69) is 15.5 Å². The second-order valence-electron chi connectivity index (χ2n) is 8.39. The molecule has 1 atom stereocenters. The van der Waals surface area contributed by atoms with Crippen molar-refractivity contribution >= 4 is 23.2 Å². The number of ether oxygens (including phenoxy) is 1. The van der Waals surface area contributed by atoms with Crippen LogP contribution in [-0.4, -0.2) is 44.2 Å². The SMILES string of the molecule is Cc1ccccc1C(=O)Nc1ccc(N2CCCCC2)c(C(=O)NC[C@@H]2CCCO2)c1. The van der Waals surface area contributed by atoms with E-state index in [9.17, 15) is 9.59 Å². The number of nitrogens with one attached hydrogen (secondary N) is 2. The second-order valence-corrected chi connectivity index (χ2v) is 8.39. The number of benzene rings is 2. The molecular formula is C25H31N3O3. The molecule has 2 fully saturated rings. The van der Waals surface area contributed by atoms with Crippen LogP contribution in [0.3, 0.4) is 0 Å². The first-order valence-corrected chi connectivity index (χ1v) is 11.3. The summed E-state index contributed by atoms with van der Waals surface area (Å²) in [5.74, 6) is -0.294. The molecule has 0 spiro atoms. The van der Waals surface area contributed by atoms with Crippen molar-refractivity contribution in [1.29, 1.82) is 0 Å². The van der Waals surface area contributed by atoms with Crippen molar-refractivity contribution in [3.05, 3.63) is 59.2 Å². The highest BCUT2D eigenvalue weighted by Gasteiger charge is 2.22. The lowest BCUT2D eigenvalue weighted by atomic mass is 10.0. The number of carbonyl (C=O) groups excluding carboxylic acids is 2. The molecule has 0 aliphatic carbocycles. The molecule has 0 unspecified atom stereocenters. The van der Waals surface area contributed by atoms with Crippen LogP contribution in [0.5, 0.6) is 0 Å². The van der Waals surface area contributed by atoms with Gasteiger partial charge in [0.05, 0.1) is 11.7 Å². The van der Waals surface area contributed by atoms with E-state index in [1.54, 1.807) is 6.07 Å². The van der Waals surface area contributed by atoms with Gasteiger partial charge in [0.1, 0.15) is 0 Å². The first-order valence-electron chi connectivity index (χ1n) is 11.3. The Bertz CT molecular complexity index is 931. The Balaban J connectivity index is 1.55. The summed E-state index contributed by atoms with van der Waals surface area (Å²) >= 11 is 0. The van der Waals surface area contributed by atoms with E-state index >= 15 is 0 Å². The van der Waals surface area contributed by atoms with E-state index in [1.807, 2.05) is 43.3 Å². The zero-order chi connectivity index (χ0) is 21.6. The molecule has 0 aromatic heterocycles. The largest absolute Gasteiger partial charge is 0.376 e. The maximum absolute atomic E-state index is 13.1. The monoisotopic (exact) mass is 421 g/mol. The number of piperidine rings is 1. The Labute approximate surface area is 184 Å². The van der Waals surface area contributed by atoms with Crippen molar-refractivity contribution in [3.63, 3.8) is 0 Å². The molecule has 2 aromatic carbocycles. The molecule has 164 valence electrons. The number of aryl methyl sites for hydroxylation is 1. The van der Waals surface area contributed by atoms with E-state index in [1.165, 1.54) is 6.42 Å². The molecule has 2 aliphatic heterocycles. The van der Waals surface area contributed by atoms with Crippen LogP contribution in [0, 0.1) is 6.92 Å². The summed E-state index contributed by atoms with van der Waals surface area (Å²) in [6.07, 6.45) is 5.59. The number of carbonyl (C=O) groups is 2. The van der Waals surface area contributed by atoms with E-state index in [4.69, 9.17) is 4.74 Å². The molecule has 6 heteroatoms. The van der Waals surface area contributed by atoms with Crippen LogP contribution in [0.2, 0.25) is 0 Å². The zero-order valence-electron chi connectivity index (χ0n) is 18.2. The van der Waals surface area contributed by atoms with Gasteiger partial charge in [-0.25, -0.2) is 0 Å². The fourth-order valence-electron chi connectivity index (χ4n) is 4.34. The van der Waals surface area contributed by atoms with Crippen molar-refractivity contribution < 1.29 is 14.3 Å². The Kier molecular flexibility index (Phi) is 6.87. The fraction of sp³-hybridized carbons (Fsp3) is 0.440. The van der Waals surface area contributed by atoms with Gasteiger partial charge in [-0.15, -0.1) is 0 Å². The molecule has 0 radical (unpaired) electrons. The van der Waals surface area contributed by atoms with Crippen LogP contribution in [0.25, 0.3) is 0 Å². The van der Waals surface area contributed by atoms with E-state index in [-0.39, 0.29) is 17.9 Å². The fourth-order valence-corrected chi connectivity index (χ4v) is 4.34. The van der Waals surface area contributed by atoms with Crippen LogP contribution < -0.4 is 15.5 Å². The number of hydrogen-bond acceptors (Lipinski definition) is 4. The summed E-state index contributed by atoms with van der Waals surface area (Å²) in [7, 11) is 0. The van der Waals surface area contributed by atoms with Crippen molar-refractivity contribution in [2.75, 3.05) is 36.5 Å². The standard InChI is InChI=1S/C25H31N3O3/c1-18-8-3-4-10-21(18)25(30)27-19-11-12-23(28-13-5-2-6-14-28)22(16-19)24(29)26-17-20-9-7-15-31-20/h3-4,8,10-12,16,20H,2,5-7,9,13-15,17H2,1H3,(H,26,29)(H,27,30)/t20-/m0/s1. The van der Waals surface area contributed by atoms with Crippen LogP contribution in [0.1, 0.15) is 58.4 Å². The summed E-state index contributed by atoms with van der Waals surface area (Å²) in [4.78, 5) is 28.2. The minimum absolute atomic E-state index is 0.0892. The van der Waals surface area contributed by atoms with Gasteiger partial charge in [-0.05, 0) is 68.9 Å². The molecular weight excluding hydrogens is 390 g/mol. The van der Waals surface area contributed by atoms with E-state index in [0.29, 0.717) is 23.4 Å². The smallest absolute Gasteiger partial charge is 0.255 e. The van der Waals surface area contributed by atoms with Crippen LogP contribution in [0.15, 0.2) is 42.5 Å². The molecule has 2 N–H and O–H groups in total. The lowest BCUT2D eigenvalue weighted by Crippen LogP contribution is -2.35. The molecule has 2 heterocycles. The Hall–Kier alpha value is -2.86. The average Bonchev–Trinajstić information content (AvgIpc) is 3.32. The first-order chi connectivity index (χ1) is 15.1. The number of amides is 2. The maximum atomic E-state index is 13.1. The van der Waals surface area contributed by atoms with Gasteiger partial charge in [-0.1, -0.05) is 18.2 Å². The van der Waals surface area contributed by atoms with Crippen LogP contribution >= 0.6 is 0 Å². The summed E-state index contributed by atoms with van der Waals surface area (Å²) in [5, 5.41) is 6.00. The van der Waals surface area contributed by atoms with Gasteiger partial charge >= 0.3 is 0 Å². The van der Waals surface area contributed by atoms with Crippen molar-refractivity contribution in [2.24, 2.45) is 0 Å². The van der Waals surface area contributed by atoms with E-state index in [0.717, 1.165) is 56.6 Å². The molecule has 2 amide bonds. The van der Waals surface area contributed by atoms with Crippen molar-refractivity contribution in [3.8, 4) is 0 Å². The molecule has 0 saturated carbocycles. The number of anilines is 2. The van der Waals surface area contributed by atoms with Gasteiger partial charge in [0.25, 0.3) is 11.8 Å². The van der Waals surface area contributed by atoms with Gasteiger partial charge in [0.15, 0.2) is 0 Å². The lowest BCUT2D eigenvalue weighted by Gasteiger charge is -2.30. The molecule has 31 heavy (non-hydrogen) atoms. The zero-order valence-corrected chi connectivity index (χ0v) is 18.2. The third kappa shape index (κ3) is 5.25. The third-order valence-corrected chi connectivity index (χ3v) is 6.10. The number of nitrogens with zero attached hydrogens (tertiary/aromatic N) is 1. The number of rotatable bonds is 6. The minimum atomic E-state index is -0.172. The average molecular weight is 422 g/mol. The third-order valence-electron chi connectivity index (χ3n) is 6.10. The molecule has 2 aliphatic rings. The maximum Gasteiger partial charge on any atom is 0.255 e. The summed E-state index contributed by atoms with van der Waals surface area (Å²) < 4.78 is 5.64. The Morgan fingerprint density at radius 1 is 1.00 bits per heavy atom. The molecule has 6 nitrogen and oxygen atoms in total. The van der Waals surface area contributed by atoms with Gasteiger partial charge in [0.2, 0.25) is 0 Å². The van der Waals surface area contributed by atoms with Crippen molar-refractivity contribution in [2.45, 2.75) is 45.1 Å². The quantitative estimate of drug-likeness (QED) is 0.735. The van der Waals surface area contributed by atoms with Gasteiger partial charge in [-0.2, -0.15) is 0 Å². The highest BCUT2D eigenvalue weighted by Crippen LogP contribution is 2.28. The van der Waals surface area contributed by atoms with Gasteiger partial charge in [-0.3, -0.25) is 9.59 Å². The number of hydrogen-bond donors (Lipinski definition) is 2. The second kappa shape index (κ2) is 9.96. The molecule has 4 rings (SSSR count). The highest BCUT2D eigenvalue weighted by atomic mass is 16.5. The van der Waals surface area contributed by atoms with Crippen LogP contribution in [0.4, 0.5) is 11.4 Å². The molecule has 2 aromatic rings. The lowest BCUT2D eigenvalue weighted by molar-refractivity contribution is 0.0858. The van der Waals surface area contributed by atoms with Crippen molar-refractivity contribution in [1.82, 2.24) is 5.32 Å². The normalized spacial score (nSPS) is 18.6. The predicted molar refractivity (Wildman–Crippen MR) is 123 cm³/mol. The molecule has 0 bridgehead atoms. The van der Waals surface area contributed by atoms with Crippen LogP contribution in [-0.2, 0) is 4.74 Å². The molecule has 2 saturated heterocycles. The Morgan fingerprint density at radius 3 is 2.55 bits per heavy atom. The first kappa shape index (κ1) is 21.4. The topological polar surface area (TPSA) is 70.7 Å². The summed E-state index contributed by atoms with van der Waals surface area (Å²) in [6, 6.07) is 13.1. The predicted octanol–water partition coefficient (Wildman–Crippen LogP) is 4.15. The highest BCUT2D eigenvalue weighted by molar-refractivity contribution is 6.07. The van der Waals surface area contributed by atoms with Gasteiger partial charge < -0.3 is 20.3 Å². The summed E-state index contributed by atoms with van der Waals surface area (Å²) in [5.41, 5.74) is 3.70. The van der Waals surface area contributed by atoms with E-state index < -0.39 is 0 Å². The Morgan fingerprint density at radius 2 is 1.81 bits per heavy atom. The van der Waals surface area contributed by atoms with Gasteiger partial charge in [0, 0.05) is 43.2 Å². The summed E-state index contributed by atoms with van der Waals surface area (Å²) in [6.45, 7) is 5.08.